The molecule has 0 atom stereocenters. The highest BCUT2D eigenvalue weighted by molar-refractivity contribution is 5.69. The number of fused-ring (bicyclic) bond motifs is 3. The van der Waals surface area contributed by atoms with Crippen LogP contribution in [0.4, 0.5) is 4.79 Å². The maximum atomic E-state index is 13.1. The fourth-order valence-electron chi connectivity index (χ4n) is 4.20. The molecule has 3 fully saturated rings. The van der Waals surface area contributed by atoms with Gasteiger partial charge in [-0.15, -0.1) is 0 Å². The van der Waals surface area contributed by atoms with Gasteiger partial charge in [-0.25, -0.2) is 4.79 Å². The average molecular weight is 330 g/mol. The first kappa shape index (κ1) is 17.3. The normalized spacial score (nSPS) is 27.1. The molecule has 0 radical (unpaired) electrons. The number of ether oxygens (including phenoxy) is 1. The fourth-order valence-corrected chi connectivity index (χ4v) is 4.20. The van der Waals surface area contributed by atoms with Crippen LogP contribution in [0.1, 0.15) is 52.0 Å². The predicted molar refractivity (Wildman–Crippen MR) is 95.5 cm³/mol. The Labute approximate surface area is 145 Å². The van der Waals surface area contributed by atoms with Gasteiger partial charge in [-0.3, -0.25) is 9.80 Å². The van der Waals surface area contributed by atoms with Crippen LogP contribution >= 0.6 is 0 Å². The molecule has 24 heavy (non-hydrogen) atoms. The molecule has 0 spiro atoms. The van der Waals surface area contributed by atoms with Gasteiger partial charge >= 0.3 is 6.09 Å². The molecule has 2 aliphatic heterocycles. The van der Waals surface area contributed by atoms with Crippen molar-refractivity contribution in [1.82, 2.24) is 9.80 Å². The highest BCUT2D eigenvalue weighted by atomic mass is 16.6. The smallest absolute Gasteiger partial charge is 0.412 e. The van der Waals surface area contributed by atoms with Gasteiger partial charge in [0.15, 0.2) is 0 Å². The van der Waals surface area contributed by atoms with Crippen molar-refractivity contribution in [1.29, 1.82) is 0 Å². The van der Waals surface area contributed by atoms with Crippen LogP contribution < -0.4 is 0 Å². The molecular formula is C20H30N2O2. The monoisotopic (exact) mass is 330 g/mol. The number of piperidine rings is 2. The van der Waals surface area contributed by atoms with Crippen molar-refractivity contribution in [2.45, 2.75) is 64.3 Å². The van der Waals surface area contributed by atoms with E-state index in [9.17, 15) is 4.79 Å². The maximum Gasteiger partial charge on any atom is 0.412 e. The molecule has 3 aliphatic rings. The Hall–Kier alpha value is -1.55. The van der Waals surface area contributed by atoms with E-state index in [1.165, 1.54) is 12.8 Å². The topological polar surface area (TPSA) is 32.8 Å². The second-order valence-corrected chi connectivity index (χ2v) is 8.36. The van der Waals surface area contributed by atoms with Crippen LogP contribution in [0.3, 0.4) is 0 Å². The van der Waals surface area contributed by atoms with Crippen LogP contribution in [0, 0.1) is 5.92 Å². The third-order valence-electron chi connectivity index (χ3n) is 5.45. The summed E-state index contributed by atoms with van der Waals surface area (Å²) in [5, 5.41) is 0. The van der Waals surface area contributed by atoms with Crippen LogP contribution in [-0.4, -0.2) is 40.7 Å². The van der Waals surface area contributed by atoms with E-state index >= 15 is 0 Å². The summed E-state index contributed by atoms with van der Waals surface area (Å²) in [6, 6.07) is 10.2. The molecule has 0 N–H and O–H groups in total. The summed E-state index contributed by atoms with van der Waals surface area (Å²) in [7, 11) is 2.16. The molecule has 4 rings (SSSR count). The SMILES string of the molecule is CN1CC2CCC1(N(Cc1ccccc1)C(=O)OC(C)(C)C)CC2. The lowest BCUT2D eigenvalue weighted by molar-refractivity contribution is -0.124. The highest BCUT2D eigenvalue weighted by Crippen LogP contribution is 2.45. The Morgan fingerprint density at radius 1 is 1.25 bits per heavy atom. The molecule has 4 nitrogen and oxygen atoms in total. The van der Waals surface area contributed by atoms with Gasteiger partial charge in [0.1, 0.15) is 5.60 Å². The number of carbonyl (C=O) groups excluding carboxylic acids is 1. The van der Waals surface area contributed by atoms with Crippen molar-refractivity contribution in [2.24, 2.45) is 5.92 Å². The van der Waals surface area contributed by atoms with Gasteiger partial charge in [-0.2, -0.15) is 0 Å². The van der Waals surface area contributed by atoms with Crippen molar-refractivity contribution >= 4 is 6.09 Å². The zero-order valence-corrected chi connectivity index (χ0v) is 15.4. The number of rotatable bonds is 3. The van der Waals surface area contributed by atoms with Gasteiger partial charge in [0.05, 0.1) is 12.2 Å². The van der Waals surface area contributed by atoms with Gasteiger partial charge in [-0.05, 0) is 65.0 Å². The van der Waals surface area contributed by atoms with Gasteiger partial charge in [0.2, 0.25) is 0 Å². The third-order valence-corrected chi connectivity index (χ3v) is 5.45. The van der Waals surface area contributed by atoms with E-state index in [1.54, 1.807) is 0 Å². The van der Waals surface area contributed by atoms with E-state index in [1.807, 2.05) is 43.9 Å². The van der Waals surface area contributed by atoms with Crippen molar-refractivity contribution < 1.29 is 9.53 Å². The minimum absolute atomic E-state index is 0.196. The third kappa shape index (κ3) is 3.44. The van der Waals surface area contributed by atoms with Gasteiger partial charge in [0, 0.05) is 6.54 Å². The lowest BCUT2D eigenvalue weighted by atomic mass is 9.75. The van der Waals surface area contributed by atoms with E-state index in [4.69, 9.17) is 4.74 Å². The number of amides is 1. The van der Waals surface area contributed by atoms with Gasteiger partial charge in [-0.1, -0.05) is 30.3 Å². The van der Waals surface area contributed by atoms with E-state index in [0.29, 0.717) is 6.54 Å². The first-order valence-electron chi connectivity index (χ1n) is 9.06. The molecule has 4 heteroatoms. The van der Waals surface area contributed by atoms with Crippen LogP contribution in [-0.2, 0) is 11.3 Å². The Balaban J connectivity index is 1.90. The zero-order chi connectivity index (χ0) is 17.4. The second-order valence-electron chi connectivity index (χ2n) is 8.36. The van der Waals surface area contributed by atoms with Crippen molar-refractivity contribution in [2.75, 3.05) is 13.6 Å². The van der Waals surface area contributed by atoms with Crippen LogP contribution in [0.15, 0.2) is 30.3 Å². The molecule has 1 saturated carbocycles. The Kier molecular flexibility index (Phi) is 4.60. The highest BCUT2D eigenvalue weighted by Gasteiger charge is 2.50. The number of hydrogen-bond donors (Lipinski definition) is 0. The van der Waals surface area contributed by atoms with Gasteiger partial charge in [0.25, 0.3) is 0 Å². The average Bonchev–Trinajstić information content (AvgIpc) is 2.53. The summed E-state index contributed by atoms with van der Waals surface area (Å²) in [5.74, 6) is 0.786. The van der Waals surface area contributed by atoms with Crippen molar-refractivity contribution in [3.05, 3.63) is 35.9 Å². The van der Waals surface area contributed by atoms with E-state index in [0.717, 1.165) is 30.9 Å². The molecule has 1 amide bonds. The fraction of sp³-hybridized carbons (Fsp3) is 0.650. The molecule has 2 saturated heterocycles. The summed E-state index contributed by atoms with van der Waals surface area (Å²) in [6.07, 6.45) is 4.30. The second kappa shape index (κ2) is 6.40. The lowest BCUT2D eigenvalue weighted by Crippen LogP contribution is -2.67. The Morgan fingerprint density at radius 3 is 2.42 bits per heavy atom. The molecule has 0 unspecified atom stereocenters. The lowest BCUT2D eigenvalue weighted by Gasteiger charge is -2.57. The van der Waals surface area contributed by atoms with Crippen molar-refractivity contribution in [3.8, 4) is 0 Å². The Morgan fingerprint density at radius 2 is 1.88 bits per heavy atom. The summed E-state index contributed by atoms with van der Waals surface area (Å²) in [5.41, 5.74) is 0.471. The zero-order valence-electron chi connectivity index (χ0n) is 15.4. The van der Waals surface area contributed by atoms with Crippen LogP contribution in [0.2, 0.25) is 0 Å². The summed E-state index contributed by atoms with van der Waals surface area (Å²) in [6.45, 7) is 7.49. The molecule has 2 bridgehead atoms. The van der Waals surface area contributed by atoms with E-state index in [-0.39, 0.29) is 11.8 Å². The Bertz CT molecular complexity index is 571. The predicted octanol–water partition coefficient (Wildman–Crippen LogP) is 4.26. The van der Waals surface area contributed by atoms with E-state index in [2.05, 4.69) is 24.1 Å². The molecule has 132 valence electrons. The van der Waals surface area contributed by atoms with E-state index < -0.39 is 5.60 Å². The number of benzene rings is 1. The molecule has 0 aromatic heterocycles. The molecular weight excluding hydrogens is 300 g/mol. The number of hydrogen-bond acceptors (Lipinski definition) is 3. The molecule has 2 heterocycles. The van der Waals surface area contributed by atoms with Crippen molar-refractivity contribution in [3.63, 3.8) is 0 Å². The summed E-state index contributed by atoms with van der Waals surface area (Å²) in [4.78, 5) is 17.4. The summed E-state index contributed by atoms with van der Waals surface area (Å²) < 4.78 is 5.78. The molecule has 1 aliphatic carbocycles. The molecule has 1 aromatic rings. The minimum Gasteiger partial charge on any atom is -0.444 e. The standard InChI is InChI=1S/C20H30N2O2/c1-19(2,3)24-18(23)22(15-16-8-6-5-7-9-16)20-12-10-17(11-13-20)14-21(20)4/h5-9,17H,10-15H2,1-4H3. The quantitative estimate of drug-likeness (QED) is 0.830. The first-order chi connectivity index (χ1) is 11.3. The maximum absolute atomic E-state index is 13.1. The molecule has 1 aromatic carbocycles. The number of nitrogens with zero attached hydrogens (tertiary/aromatic N) is 2. The summed E-state index contributed by atoms with van der Waals surface area (Å²) >= 11 is 0. The van der Waals surface area contributed by atoms with Gasteiger partial charge < -0.3 is 4.74 Å². The van der Waals surface area contributed by atoms with Crippen LogP contribution in [0.25, 0.3) is 0 Å². The van der Waals surface area contributed by atoms with Crippen LogP contribution in [0.5, 0.6) is 0 Å². The number of carbonyl (C=O) groups is 1. The largest absolute Gasteiger partial charge is 0.444 e. The first-order valence-corrected chi connectivity index (χ1v) is 9.06. The minimum atomic E-state index is -0.479.